The molecule has 0 fully saturated rings. The standard InChI is InChI=1S/C20H16N3O2.CH3.5V/c1-12-5-7-15(8-6-12)11-21-20(25)17-19(24)16-10-13(2)9-14(3)18(16)23(4)22-17;;;;;;/h5-8,10H,1-4,11H2,(H,21,25);1H3;;;;;/q-5;-1;;;;;. The summed E-state index contributed by atoms with van der Waals surface area (Å²) in [6.07, 6.45) is 0. The summed E-state index contributed by atoms with van der Waals surface area (Å²) < 4.78 is 1.22. The minimum absolute atomic E-state index is 0. The SMILES string of the molecule is [CH2-]c1[c-]c([CH2-])c2c(c1)c(=O)c(C(=O)NCc1ccc([CH2-])cc1)nn2[CH2-].[CH3-].[V].[V].[V].[V].[V]. The van der Waals surface area contributed by atoms with Crippen LogP contribution in [0.1, 0.15) is 32.7 Å². The first-order valence-electron chi connectivity index (χ1n) is 7.54. The minimum Gasteiger partial charge on any atom is -0.405 e. The molecule has 1 aromatic heterocycles. The molecule has 1 N–H and O–H groups in total. The molecule has 3 rings (SSSR count). The molecule has 0 aliphatic heterocycles. The predicted molar refractivity (Wildman–Crippen MR) is 103 cm³/mol. The Morgan fingerprint density at radius 1 is 1.03 bits per heavy atom. The molecule has 0 saturated carbocycles. The zero-order valence-corrected chi connectivity index (χ0v) is 23.9. The van der Waals surface area contributed by atoms with Crippen molar-refractivity contribution in [3.63, 3.8) is 0 Å². The van der Waals surface area contributed by atoms with Gasteiger partial charge in [0.05, 0.1) is 0 Å². The smallest absolute Gasteiger partial charge is 0.275 e. The van der Waals surface area contributed by atoms with Gasteiger partial charge in [-0.15, -0.1) is 23.0 Å². The first-order valence-corrected chi connectivity index (χ1v) is 7.54. The van der Waals surface area contributed by atoms with E-state index in [-0.39, 0.29) is 112 Å². The fourth-order valence-electron chi connectivity index (χ4n) is 2.58. The summed E-state index contributed by atoms with van der Waals surface area (Å²) in [6, 6.07) is 11.9. The van der Waals surface area contributed by atoms with Gasteiger partial charge in [-0.05, 0) is 0 Å². The fraction of sp³-hybridized carbons (Fsp3) is 0.0476. The Kier molecular flexibility index (Phi) is 19.6. The molecule has 5 nitrogen and oxygen atoms in total. The van der Waals surface area contributed by atoms with Crippen molar-refractivity contribution < 1.29 is 97.6 Å². The molecule has 0 unspecified atom stereocenters. The number of nitrogens with one attached hydrogen (secondary N) is 1. The molecule has 3 aromatic rings. The molecule has 31 heavy (non-hydrogen) atoms. The molecule has 2 aromatic carbocycles. The number of amides is 1. The van der Waals surface area contributed by atoms with Crippen LogP contribution in [0, 0.1) is 41.3 Å². The summed E-state index contributed by atoms with van der Waals surface area (Å²) in [5.41, 5.74) is 2.48. The first-order chi connectivity index (χ1) is 11.9. The number of aromatic nitrogens is 2. The molecule has 0 aliphatic rings. The van der Waals surface area contributed by atoms with Crippen LogP contribution in [-0.4, -0.2) is 15.7 Å². The van der Waals surface area contributed by atoms with Gasteiger partial charge in [-0.3, -0.25) is 15.7 Å². The van der Waals surface area contributed by atoms with Gasteiger partial charge in [0, 0.05) is 99.3 Å². The predicted octanol–water partition coefficient (Wildman–Crippen LogP) is 2.75. The van der Waals surface area contributed by atoms with E-state index in [0.717, 1.165) is 11.1 Å². The third-order valence-electron chi connectivity index (χ3n) is 3.80. The van der Waals surface area contributed by atoms with Gasteiger partial charge in [-0.25, -0.2) is 0 Å². The maximum atomic E-state index is 12.6. The van der Waals surface area contributed by atoms with Gasteiger partial charge in [0.25, 0.3) is 5.91 Å². The number of rotatable bonds is 3. The summed E-state index contributed by atoms with van der Waals surface area (Å²) in [4.78, 5) is 25.0. The number of carbonyl (C=O) groups excluding carboxylic acids is 1. The number of carbonyl (C=O) groups is 1. The van der Waals surface area contributed by atoms with Gasteiger partial charge in [0.1, 0.15) is 0 Å². The molecule has 10 heteroatoms. The summed E-state index contributed by atoms with van der Waals surface area (Å²) in [5.74, 6) is -0.563. The average molecular weight is 600 g/mol. The van der Waals surface area contributed by atoms with Crippen molar-refractivity contribution in [2.24, 2.45) is 0 Å². The van der Waals surface area contributed by atoms with E-state index in [1.54, 1.807) is 6.07 Å². The summed E-state index contributed by atoms with van der Waals surface area (Å²) >= 11 is 0. The summed E-state index contributed by atoms with van der Waals surface area (Å²) in [7, 11) is 3.75. The topological polar surface area (TPSA) is 64.0 Å². The minimum atomic E-state index is -0.563. The van der Waals surface area contributed by atoms with Crippen LogP contribution in [-0.2, 0) is 99.3 Å². The molecule has 0 aliphatic carbocycles. The number of hydrogen-bond donors (Lipinski definition) is 1. The Labute approximate surface area is 243 Å². The number of benzene rings is 2. The van der Waals surface area contributed by atoms with Gasteiger partial charge < -0.3 is 48.5 Å². The van der Waals surface area contributed by atoms with Crippen molar-refractivity contribution in [3.05, 3.63) is 110 Å². The third-order valence-corrected chi connectivity index (χ3v) is 3.80. The molecule has 0 spiro atoms. The van der Waals surface area contributed by atoms with Gasteiger partial charge in [0.2, 0.25) is 0 Å². The van der Waals surface area contributed by atoms with Crippen LogP contribution in [0.2, 0.25) is 0 Å². The number of fused-ring (bicyclic) bond motifs is 1. The van der Waals surface area contributed by atoms with E-state index in [9.17, 15) is 9.59 Å². The van der Waals surface area contributed by atoms with E-state index in [1.165, 1.54) is 4.68 Å². The second-order valence-electron chi connectivity index (χ2n) is 5.71. The van der Waals surface area contributed by atoms with Crippen molar-refractivity contribution in [1.82, 2.24) is 15.1 Å². The van der Waals surface area contributed by atoms with Gasteiger partial charge >= 0.3 is 0 Å². The first kappa shape index (κ1) is 37.8. The zero-order chi connectivity index (χ0) is 18.1. The molecule has 0 atom stereocenters. The van der Waals surface area contributed by atoms with Crippen molar-refractivity contribution in [2.75, 3.05) is 0 Å². The average Bonchev–Trinajstić information content (AvgIpc) is 2.56. The number of nitrogens with zero attached hydrogens (tertiary/aromatic N) is 2. The molecule has 1 heterocycles. The van der Waals surface area contributed by atoms with Crippen LogP contribution >= 0.6 is 0 Å². The van der Waals surface area contributed by atoms with Crippen LogP contribution in [0.5, 0.6) is 0 Å². The van der Waals surface area contributed by atoms with Crippen molar-refractivity contribution in [2.45, 2.75) is 6.54 Å². The molecule has 161 valence electrons. The normalized spacial score (nSPS) is 8.65. The van der Waals surface area contributed by atoms with E-state index in [1.807, 2.05) is 24.3 Å². The van der Waals surface area contributed by atoms with Crippen molar-refractivity contribution >= 4 is 16.8 Å². The summed E-state index contributed by atoms with van der Waals surface area (Å²) in [5, 5.41) is 7.00. The fourth-order valence-corrected chi connectivity index (χ4v) is 2.58. The molecule has 0 saturated heterocycles. The van der Waals surface area contributed by atoms with Crippen LogP contribution in [0.3, 0.4) is 0 Å². The Balaban J connectivity index is -0.000000607. The van der Waals surface area contributed by atoms with E-state index >= 15 is 0 Å². The van der Waals surface area contributed by atoms with E-state index in [0.29, 0.717) is 22.0 Å². The van der Waals surface area contributed by atoms with Crippen LogP contribution in [0.4, 0.5) is 0 Å². The molecule has 5 radical (unpaired) electrons. The van der Waals surface area contributed by atoms with Gasteiger partial charge in [0.15, 0.2) is 11.1 Å². The van der Waals surface area contributed by atoms with Crippen molar-refractivity contribution in [3.8, 4) is 0 Å². The Hall–Kier alpha value is -0.548. The Bertz CT molecular complexity index is 1040. The van der Waals surface area contributed by atoms with Gasteiger partial charge in [-0.2, -0.15) is 36.8 Å². The van der Waals surface area contributed by atoms with E-state index < -0.39 is 11.3 Å². The van der Waals surface area contributed by atoms with Gasteiger partial charge in [-0.1, -0.05) is 5.56 Å². The number of hydrogen-bond acceptors (Lipinski definition) is 3. The second kappa shape index (κ2) is 16.1. The Morgan fingerprint density at radius 3 is 2.13 bits per heavy atom. The largest absolute Gasteiger partial charge is 0.405 e. The molecular weight excluding hydrogens is 581 g/mol. The Morgan fingerprint density at radius 2 is 1.58 bits per heavy atom. The second-order valence-corrected chi connectivity index (χ2v) is 5.71. The monoisotopic (exact) mass is 600 g/mol. The van der Waals surface area contributed by atoms with Crippen molar-refractivity contribution in [1.29, 1.82) is 0 Å². The molecular formula is C21H19N3O2V5-6. The summed E-state index contributed by atoms with van der Waals surface area (Å²) in [6.45, 7) is 11.7. The quantitative estimate of drug-likeness (QED) is 0.471. The maximum Gasteiger partial charge on any atom is 0.275 e. The molecule has 0 bridgehead atoms. The van der Waals surface area contributed by atoms with Crippen LogP contribution in [0.25, 0.3) is 10.9 Å². The third kappa shape index (κ3) is 8.72. The van der Waals surface area contributed by atoms with Crippen LogP contribution in [0.15, 0.2) is 35.1 Å². The van der Waals surface area contributed by atoms with E-state index in [2.05, 4.69) is 44.3 Å². The zero-order valence-electron chi connectivity index (χ0n) is 16.9. The van der Waals surface area contributed by atoms with E-state index in [4.69, 9.17) is 0 Å². The maximum absolute atomic E-state index is 12.6. The molecule has 1 amide bonds. The van der Waals surface area contributed by atoms with Crippen LogP contribution < -0.4 is 10.7 Å².